The van der Waals surface area contributed by atoms with Gasteiger partial charge in [-0.15, -0.1) is 0 Å². The average molecular weight is 446 g/mol. The van der Waals surface area contributed by atoms with Crippen molar-refractivity contribution in [3.63, 3.8) is 0 Å². The molecular formula is C20H31BN6O5. The third-order valence-corrected chi connectivity index (χ3v) is 5.68. The molecule has 1 aromatic carbocycles. The van der Waals surface area contributed by atoms with Gasteiger partial charge in [0.1, 0.15) is 0 Å². The van der Waals surface area contributed by atoms with Crippen LogP contribution in [0.1, 0.15) is 30.9 Å². The number of piperidine rings is 1. The SMILES string of the molecule is NC1CC(N)CN(C(=O)CCC(N)C(=O)NCC(=O)NCC2OB(O)c3ccccc32)C1. The van der Waals surface area contributed by atoms with Crippen LogP contribution in [0.15, 0.2) is 24.3 Å². The lowest BCUT2D eigenvalue weighted by Gasteiger charge is -2.34. The number of nitrogens with one attached hydrogen (secondary N) is 2. The van der Waals surface area contributed by atoms with Gasteiger partial charge >= 0.3 is 7.12 Å². The molecule has 11 nitrogen and oxygen atoms in total. The van der Waals surface area contributed by atoms with E-state index in [9.17, 15) is 19.4 Å². The highest BCUT2D eigenvalue weighted by Gasteiger charge is 2.34. The summed E-state index contributed by atoms with van der Waals surface area (Å²) in [7, 11) is -1.02. The van der Waals surface area contributed by atoms with Crippen LogP contribution >= 0.6 is 0 Å². The molecule has 2 aliphatic heterocycles. The van der Waals surface area contributed by atoms with Crippen molar-refractivity contribution in [3.8, 4) is 0 Å². The third-order valence-electron chi connectivity index (χ3n) is 5.68. The number of carbonyl (C=O) groups is 3. The Morgan fingerprint density at radius 2 is 1.88 bits per heavy atom. The van der Waals surface area contributed by atoms with Crippen LogP contribution in [0.2, 0.25) is 0 Å². The molecule has 174 valence electrons. The summed E-state index contributed by atoms with van der Waals surface area (Å²) in [6.45, 7) is 0.789. The van der Waals surface area contributed by atoms with E-state index < -0.39 is 31.1 Å². The van der Waals surface area contributed by atoms with E-state index in [1.165, 1.54) is 0 Å². The summed E-state index contributed by atoms with van der Waals surface area (Å²) in [4.78, 5) is 38.2. The van der Waals surface area contributed by atoms with Gasteiger partial charge in [0, 0.05) is 38.1 Å². The van der Waals surface area contributed by atoms with Crippen molar-refractivity contribution < 1.29 is 24.1 Å². The Morgan fingerprint density at radius 1 is 1.19 bits per heavy atom. The highest BCUT2D eigenvalue weighted by Crippen LogP contribution is 2.22. The summed E-state index contributed by atoms with van der Waals surface area (Å²) >= 11 is 0. The summed E-state index contributed by atoms with van der Waals surface area (Å²) in [5.74, 6) is -1.08. The molecule has 3 amide bonds. The minimum atomic E-state index is -1.02. The van der Waals surface area contributed by atoms with E-state index in [1.54, 1.807) is 17.0 Å². The zero-order valence-corrected chi connectivity index (χ0v) is 17.9. The molecule has 3 rings (SSSR count). The zero-order valence-electron chi connectivity index (χ0n) is 17.9. The molecule has 0 radical (unpaired) electrons. The first-order chi connectivity index (χ1) is 15.2. The number of hydrogen-bond donors (Lipinski definition) is 6. The quantitative estimate of drug-likeness (QED) is 0.224. The Balaban J connectivity index is 1.35. The van der Waals surface area contributed by atoms with Crippen LogP contribution in [0, 0.1) is 0 Å². The van der Waals surface area contributed by atoms with E-state index in [2.05, 4.69) is 10.6 Å². The van der Waals surface area contributed by atoms with Gasteiger partial charge < -0.3 is 42.4 Å². The lowest BCUT2D eigenvalue weighted by atomic mass is 9.79. The predicted octanol–water partition coefficient (Wildman–Crippen LogP) is -3.33. The molecule has 1 aromatic rings. The lowest BCUT2D eigenvalue weighted by molar-refractivity contribution is -0.133. The van der Waals surface area contributed by atoms with E-state index in [0.717, 1.165) is 5.56 Å². The maximum absolute atomic E-state index is 12.3. The second kappa shape index (κ2) is 10.9. The zero-order chi connectivity index (χ0) is 23.3. The Hall–Kier alpha value is -2.51. The number of amides is 3. The molecule has 1 saturated heterocycles. The molecule has 0 aromatic heterocycles. The fourth-order valence-electron chi connectivity index (χ4n) is 4.01. The molecule has 1 fully saturated rings. The van der Waals surface area contributed by atoms with Crippen molar-refractivity contribution in [1.29, 1.82) is 0 Å². The Kier molecular flexibility index (Phi) is 8.21. The van der Waals surface area contributed by atoms with Gasteiger partial charge in [0.05, 0.1) is 18.7 Å². The molecule has 4 atom stereocenters. The average Bonchev–Trinajstić information content (AvgIpc) is 3.09. The molecule has 9 N–H and O–H groups in total. The van der Waals surface area contributed by atoms with Crippen molar-refractivity contribution >= 4 is 30.3 Å². The molecule has 0 aliphatic carbocycles. The maximum Gasteiger partial charge on any atom is 0.492 e. The number of hydrogen-bond acceptors (Lipinski definition) is 8. The van der Waals surface area contributed by atoms with Crippen molar-refractivity contribution in [1.82, 2.24) is 15.5 Å². The van der Waals surface area contributed by atoms with Gasteiger partial charge in [0.2, 0.25) is 17.7 Å². The fraction of sp³-hybridized carbons (Fsp3) is 0.550. The number of nitrogens with two attached hydrogens (primary N) is 3. The summed E-state index contributed by atoms with van der Waals surface area (Å²) in [6.07, 6.45) is 0.456. The minimum Gasteiger partial charge on any atom is -0.423 e. The molecule has 12 heteroatoms. The van der Waals surface area contributed by atoms with Crippen LogP contribution in [-0.4, -0.2) is 79.1 Å². The normalized spacial score (nSPS) is 23.4. The largest absolute Gasteiger partial charge is 0.492 e. The van der Waals surface area contributed by atoms with E-state index in [0.29, 0.717) is 25.0 Å². The van der Waals surface area contributed by atoms with Crippen molar-refractivity contribution in [3.05, 3.63) is 29.8 Å². The Morgan fingerprint density at radius 3 is 2.59 bits per heavy atom. The van der Waals surface area contributed by atoms with Crippen molar-refractivity contribution in [2.75, 3.05) is 26.2 Å². The van der Waals surface area contributed by atoms with Gasteiger partial charge in [0.15, 0.2) is 0 Å². The molecule has 4 unspecified atom stereocenters. The van der Waals surface area contributed by atoms with Crippen LogP contribution in [0.3, 0.4) is 0 Å². The van der Waals surface area contributed by atoms with Gasteiger partial charge in [-0.05, 0) is 23.9 Å². The van der Waals surface area contributed by atoms with Gasteiger partial charge in [-0.1, -0.05) is 24.3 Å². The summed E-state index contributed by atoms with van der Waals surface area (Å²) in [5.41, 5.74) is 19.2. The maximum atomic E-state index is 12.3. The summed E-state index contributed by atoms with van der Waals surface area (Å²) in [6, 6.07) is 6.01. The number of fused-ring (bicyclic) bond motifs is 1. The van der Waals surface area contributed by atoms with Gasteiger partial charge in [-0.3, -0.25) is 14.4 Å². The lowest BCUT2D eigenvalue weighted by Crippen LogP contribution is -2.54. The van der Waals surface area contributed by atoms with E-state index >= 15 is 0 Å². The van der Waals surface area contributed by atoms with Gasteiger partial charge in [-0.2, -0.15) is 0 Å². The van der Waals surface area contributed by atoms with Crippen LogP contribution in [-0.2, 0) is 19.0 Å². The van der Waals surface area contributed by atoms with Crippen LogP contribution in [0.5, 0.6) is 0 Å². The van der Waals surface area contributed by atoms with E-state index in [4.69, 9.17) is 21.9 Å². The second-order valence-corrected chi connectivity index (χ2v) is 8.33. The topological polar surface area (TPSA) is 186 Å². The first kappa shape index (κ1) is 24.1. The predicted molar refractivity (Wildman–Crippen MR) is 118 cm³/mol. The molecule has 0 saturated carbocycles. The molecule has 2 aliphatic rings. The standard InChI is InChI=1S/C20H31BN6O5/c22-12-7-13(23)11-27(10-12)19(29)6-5-16(24)20(30)26-9-18(28)25-8-17-14-3-1-2-4-15(14)21(31)32-17/h1-4,12-13,16-17,31H,5-11,22-24H2,(H,25,28)(H,26,30). The van der Waals surface area contributed by atoms with E-state index in [1.807, 2.05) is 12.1 Å². The monoisotopic (exact) mass is 446 g/mol. The molecule has 0 spiro atoms. The summed E-state index contributed by atoms with van der Waals surface area (Å²) in [5, 5.41) is 15.0. The first-order valence-corrected chi connectivity index (χ1v) is 10.8. The van der Waals surface area contributed by atoms with Crippen molar-refractivity contribution in [2.24, 2.45) is 17.2 Å². The van der Waals surface area contributed by atoms with Crippen LogP contribution in [0.25, 0.3) is 0 Å². The minimum absolute atomic E-state index is 0.0982. The molecular weight excluding hydrogens is 415 g/mol. The smallest absolute Gasteiger partial charge is 0.423 e. The number of nitrogens with zero attached hydrogens (tertiary/aromatic N) is 1. The van der Waals surface area contributed by atoms with Crippen LogP contribution < -0.4 is 33.3 Å². The first-order valence-electron chi connectivity index (χ1n) is 10.8. The van der Waals surface area contributed by atoms with Crippen molar-refractivity contribution in [2.45, 2.75) is 43.5 Å². The number of rotatable bonds is 8. The summed E-state index contributed by atoms with van der Waals surface area (Å²) < 4.78 is 5.45. The van der Waals surface area contributed by atoms with Gasteiger partial charge in [0.25, 0.3) is 0 Å². The highest BCUT2D eigenvalue weighted by molar-refractivity contribution is 6.61. The van der Waals surface area contributed by atoms with Gasteiger partial charge in [-0.25, -0.2) is 0 Å². The third kappa shape index (κ3) is 6.27. The van der Waals surface area contributed by atoms with Crippen LogP contribution in [0.4, 0.5) is 0 Å². The van der Waals surface area contributed by atoms with E-state index in [-0.39, 0.29) is 43.9 Å². The molecule has 2 heterocycles. The number of carbonyl (C=O) groups excluding carboxylic acids is 3. The second-order valence-electron chi connectivity index (χ2n) is 8.33. The number of benzene rings is 1. The number of likely N-dealkylation sites (tertiary alicyclic amines) is 1. The molecule has 32 heavy (non-hydrogen) atoms. The Bertz CT molecular complexity index is 832. The Labute approximate surface area is 187 Å². The highest BCUT2D eigenvalue weighted by atomic mass is 16.5. The molecule has 0 bridgehead atoms. The fourth-order valence-corrected chi connectivity index (χ4v) is 4.01.